The van der Waals surface area contributed by atoms with Crippen LogP contribution >= 0.6 is 0 Å². The van der Waals surface area contributed by atoms with E-state index in [1.807, 2.05) is 83.8 Å². The monoisotopic (exact) mass is 648 g/mol. The van der Waals surface area contributed by atoms with E-state index in [-0.39, 0.29) is 11.7 Å². The van der Waals surface area contributed by atoms with Crippen LogP contribution in [0.15, 0.2) is 109 Å². The third-order valence-electron chi connectivity index (χ3n) is 8.33. The molecule has 0 heterocycles. The van der Waals surface area contributed by atoms with Gasteiger partial charge in [0, 0.05) is 36.2 Å². The summed E-state index contributed by atoms with van der Waals surface area (Å²) in [5.41, 5.74) is 3.61. The van der Waals surface area contributed by atoms with Gasteiger partial charge in [0.1, 0.15) is 18.4 Å². The second-order valence-corrected chi connectivity index (χ2v) is 12.0. The Balaban J connectivity index is 1.34. The minimum atomic E-state index is -0.712. The van der Waals surface area contributed by atoms with Gasteiger partial charge in [-0.05, 0) is 41.8 Å². The van der Waals surface area contributed by atoms with Crippen molar-refractivity contribution in [1.82, 2.24) is 4.90 Å². The number of hydrogen-bond donors (Lipinski definition) is 1. The zero-order valence-electron chi connectivity index (χ0n) is 28.2. The van der Waals surface area contributed by atoms with E-state index in [0.717, 1.165) is 24.0 Å². The van der Waals surface area contributed by atoms with Crippen molar-refractivity contribution in [3.8, 4) is 5.75 Å². The maximum absolute atomic E-state index is 13.2. The van der Waals surface area contributed by atoms with Crippen molar-refractivity contribution in [1.29, 1.82) is 0 Å². The van der Waals surface area contributed by atoms with Gasteiger partial charge >= 0.3 is 5.97 Å². The fourth-order valence-corrected chi connectivity index (χ4v) is 5.62. The van der Waals surface area contributed by atoms with Gasteiger partial charge in [-0.1, -0.05) is 124 Å². The zero-order chi connectivity index (χ0) is 34.0. The van der Waals surface area contributed by atoms with E-state index in [9.17, 15) is 14.4 Å². The van der Waals surface area contributed by atoms with E-state index < -0.39 is 12.0 Å². The highest BCUT2D eigenvalue weighted by atomic mass is 16.5. The van der Waals surface area contributed by atoms with Gasteiger partial charge in [-0.25, -0.2) is 4.79 Å². The molecule has 0 bridgehead atoms. The van der Waals surface area contributed by atoms with E-state index in [1.54, 1.807) is 30.3 Å². The SMILES string of the molecule is CCCCCCCCC(=O)N(CCOc1ccc(C[C@H](Nc2ccccc2C(=O)c2ccccc2)C(=O)OC)cc1)Cc1ccccc1. The number of nitrogens with one attached hydrogen (secondary N) is 1. The van der Waals surface area contributed by atoms with Crippen molar-refractivity contribution >= 4 is 23.3 Å². The van der Waals surface area contributed by atoms with Crippen molar-refractivity contribution in [2.45, 2.75) is 70.9 Å². The predicted octanol–water partition coefficient (Wildman–Crippen LogP) is 8.27. The van der Waals surface area contributed by atoms with Gasteiger partial charge in [0.05, 0.1) is 13.7 Å². The summed E-state index contributed by atoms with van der Waals surface area (Å²) in [4.78, 5) is 41.1. The Morgan fingerprint density at radius 3 is 2.08 bits per heavy atom. The molecule has 0 radical (unpaired) electrons. The average Bonchev–Trinajstić information content (AvgIpc) is 3.13. The molecule has 0 aliphatic rings. The number of rotatable bonds is 20. The molecule has 0 aromatic heterocycles. The van der Waals surface area contributed by atoms with Crippen LogP contribution in [0.25, 0.3) is 0 Å². The first kappa shape index (κ1) is 35.9. The van der Waals surface area contributed by atoms with Crippen LogP contribution in [0.2, 0.25) is 0 Å². The smallest absolute Gasteiger partial charge is 0.328 e. The van der Waals surface area contributed by atoms with Crippen LogP contribution in [0.5, 0.6) is 5.75 Å². The van der Waals surface area contributed by atoms with Crippen LogP contribution in [0.4, 0.5) is 5.69 Å². The van der Waals surface area contributed by atoms with Crippen LogP contribution in [-0.4, -0.2) is 48.9 Å². The molecule has 48 heavy (non-hydrogen) atoms. The first-order valence-electron chi connectivity index (χ1n) is 17.0. The second-order valence-electron chi connectivity index (χ2n) is 12.0. The third-order valence-corrected chi connectivity index (χ3v) is 8.33. The molecule has 0 aliphatic carbocycles. The Labute approximate surface area is 285 Å². The lowest BCUT2D eigenvalue weighted by Crippen LogP contribution is -2.34. The number of anilines is 1. The Bertz CT molecular complexity index is 1560. The molecule has 0 aliphatic heterocycles. The Kier molecular flexibility index (Phi) is 14.7. The Morgan fingerprint density at radius 2 is 1.38 bits per heavy atom. The number of amides is 1. The molecule has 4 aromatic carbocycles. The van der Waals surface area contributed by atoms with Gasteiger partial charge in [-0.3, -0.25) is 9.59 Å². The minimum absolute atomic E-state index is 0.129. The molecule has 7 heteroatoms. The Hall–Kier alpha value is -4.91. The summed E-state index contributed by atoms with van der Waals surface area (Å²) in [6.07, 6.45) is 7.76. The quantitative estimate of drug-likeness (QED) is 0.0590. The summed E-state index contributed by atoms with van der Waals surface area (Å²) < 4.78 is 11.2. The molecule has 4 aromatic rings. The molecular formula is C41H48N2O5. The second kappa shape index (κ2) is 19.7. The number of esters is 1. The van der Waals surface area contributed by atoms with Crippen LogP contribution in [0.3, 0.4) is 0 Å². The zero-order valence-corrected chi connectivity index (χ0v) is 28.2. The molecule has 1 N–H and O–H groups in total. The number of nitrogens with zero attached hydrogens (tertiary/aromatic N) is 1. The number of ether oxygens (including phenoxy) is 2. The maximum Gasteiger partial charge on any atom is 0.328 e. The summed E-state index contributed by atoms with van der Waals surface area (Å²) in [5, 5.41) is 3.25. The van der Waals surface area contributed by atoms with Crippen molar-refractivity contribution in [3.05, 3.63) is 131 Å². The van der Waals surface area contributed by atoms with Gasteiger partial charge in [-0.15, -0.1) is 0 Å². The molecule has 1 atom stereocenters. The van der Waals surface area contributed by atoms with E-state index in [4.69, 9.17) is 9.47 Å². The molecule has 252 valence electrons. The summed E-state index contributed by atoms with van der Waals surface area (Å²) in [5.74, 6) is 0.279. The van der Waals surface area contributed by atoms with Crippen LogP contribution in [0, 0.1) is 0 Å². The molecule has 4 rings (SSSR count). The standard InChI is InChI=1S/C41H48N2O5/c1-3-4-5-6-7-14-23-39(44)43(31-33-17-10-8-11-18-33)28-29-48-35-26-24-32(25-27-35)30-38(41(46)47-2)42-37-22-16-15-21-36(37)40(45)34-19-12-9-13-20-34/h8-13,15-22,24-27,38,42H,3-7,14,23,28-31H2,1-2H3/t38-/m0/s1. The minimum Gasteiger partial charge on any atom is -0.492 e. The predicted molar refractivity (Wildman–Crippen MR) is 191 cm³/mol. The molecule has 1 amide bonds. The number of para-hydroxylation sites is 1. The summed E-state index contributed by atoms with van der Waals surface area (Å²) in [6, 6.07) is 33.2. The maximum atomic E-state index is 13.2. The lowest BCUT2D eigenvalue weighted by atomic mass is 10.00. The first-order valence-corrected chi connectivity index (χ1v) is 17.0. The van der Waals surface area contributed by atoms with Gasteiger partial charge in [-0.2, -0.15) is 0 Å². The normalized spacial score (nSPS) is 11.4. The van der Waals surface area contributed by atoms with E-state index in [2.05, 4.69) is 12.2 Å². The number of benzene rings is 4. The van der Waals surface area contributed by atoms with Crippen molar-refractivity contribution in [3.63, 3.8) is 0 Å². The highest BCUT2D eigenvalue weighted by molar-refractivity contribution is 6.12. The highest BCUT2D eigenvalue weighted by Crippen LogP contribution is 2.22. The fourth-order valence-electron chi connectivity index (χ4n) is 5.62. The van der Waals surface area contributed by atoms with Gasteiger partial charge in [0.25, 0.3) is 0 Å². The van der Waals surface area contributed by atoms with E-state index >= 15 is 0 Å². The molecule has 0 saturated heterocycles. The summed E-state index contributed by atoms with van der Waals surface area (Å²) >= 11 is 0. The number of carbonyl (C=O) groups excluding carboxylic acids is 3. The molecule has 0 unspecified atom stereocenters. The largest absolute Gasteiger partial charge is 0.492 e. The van der Waals surface area contributed by atoms with Crippen LogP contribution in [-0.2, 0) is 27.3 Å². The molecule has 7 nitrogen and oxygen atoms in total. The molecule has 0 saturated carbocycles. The van der Waals surface area contributed by atoms with Gasteiger partial charge in [0.15, 0.2) is 5.78 Å². The van der Waals surface area contributed by atoms with Crippen LogP contribution in [0.1, 0.15) is 78.9 Å². The van der Waals surface area contributed by atoms with Gasteiger partial charge in [0.2, 0.25) is 5.91 Å². The first-order chi connectivity index (χ1) is 23.5. The lowest BCUT2D eigenvalue weighted by molar-refractivity contribution is -0.141. The molecular weight excluding hydrogens is 600 g/mol. The van der Waals surface area contributed by atoms with E-state index in [0.29, 0.717) is 55.1 Å². The lowest BCUT2D eigenvalue weighted by Gasteiger charge is -2.23. The average molecular weight is 649 g/mol. The number of ketones is 1. The molecule has 0 fully saturated rings. The highest BCUT2D eigenvalue weighted by Gasteiger charge is 2.23. The van der Waals surface area contributed by atoms with Crippen LogP contribution < -0.4 is 10.1 Å². The number of carbonyl (C=O) groups is 3. The van der Waals surface area contributed by atoms with Crippen molar-refractivity contribution in [2.75, 3.05) is 25.6 Å². The number of hydrogen-bond acceptors (Lipinski definition) is 6. The number of unbranched alkanes of at least 4 members (excludes halogenated alkanes) is 5. The number of methoxy groups -OCH3 is 1. The van der Waals surface area contributed by atoms with Crippen molar-refractivity contribution in [2.24, 2.45) is 0 Å². The van der Waals surface area contributed by atoms with Crippen molar-refractivity contribution < 1.29 is 23.9 Å². The topological polar surface area (TPSA) is 84.9 Å². The van der Waals surface area contributed by atoms with E-state index in [1.165, 1.54) is 32.8 Å². The Morgan fingerprint density at radius 1 is 0.729 bits per heavy atom. The third kappa shape index (κ3) is 11.4. The van der Waals surface area contributed by atoms with Gasteiger partial charge < -0.3 is 19.7 Å². The molecule has 0 spiro atoms. The fraction of sp³-hybridized carbons (Fsp3) is 0.341. The summed E-state index contributed by atoms with van der Waals surface area (Å²) in [7, 11) is 1.36. The summed E-state index contributed by atoms with van der Waals surface area (Å²) in [6.45, 7) is 3.62.